The Morgan fingerprint density at radius 3 is 2.79 bits per heavy atom. The third-order valence-corrected chi connectivity index (χ3v) is 2.85. The minimum atomic E-state index is -0.446. The average molecular weight is 260 g/mol. The fourth-order valence-electron chi connectivity index (χ4n) is 1.98. The topological polar surface area (TPSA) is 60.5 Å². The summed E-state index contributed by atoms with van der Waals surface area (Å²) < 4.78 is 10.0. The molecule has 19 heavy (non-hydrogen) atoms. The van der Waals surface area contributed by atoms with Gasteiger partial charge in [0.2, 0.25) is 0 Å². The lowest BCUT2D eigenvalue weighted by Gasteiger charge is -2.10. The molecule has 0 saturated carbocycles. The monoisotopic (exact) mass is 260 g/mol. The molecule has 5 heteroatoms. The summed E-state index contributed by atoms with van der Waals surface area (Å²) in [7, 11) is 4.74. The van der Waals surface area contributed by atoms with Crippen molar-refractivity contribution in [1.82, 2.24) is 10.3 Å². The van der Waals surface area contributed by atoms with Crippen LogP contribution in [-0.4, -0.2) is 32.2 Å². The summed E-state index contributed by atoms with van der Waals surface area (Å²) in [6.45, 7) is 0.546. The molecular formula is C14H16N2O3. The highest BCUT2D eigenvalue weighted by Crippen LogP contribution is 2.25. The zero-order chi connectivity index (χ0) is 13.8. The van der Waals surface area contributed by atoms with Crippen molar-refractivity contribution in [2.45, 2.75) is 6.54 Å². The summed E-state index contributed by atoms with van der Waals surface area (Å²) >= 11 is 0. The van der Waals surface area contributed by atoms with Gasteiger partial charge in [-0.05, 0) is 24.7 Å². The van der Waals surface area contributed by atoms with Gasteiger partial charge in [-0.25, -0.2) is 9.78 Å². The van der Waals surface area contributed by atoms with Gasteiger partial charge in [0, 0.05) is 11.9 Å². The van der Waals surface area contributed by atoms with Crippen molar-refractivity contribution in [2.24, 2.45) is 0 Å². The molecule has 0 aliphatic carbocycles. The maximum atomic E-state index is 11.8. The number of esters is 1. The van der Waals surface area contributed by atoms with Crippen molar-refractivity contribution in [3.05, 3.63) is 35.5 Å². The molecule has 1 aromatic carbocycles. The van der Waals surface area contributed by atoms with Crippen LogP contribution in [-0.2, 0) is 11.3 Å². The Hall–Kier alpha value is -2.14. The first-order chi connectivity index (χ1) is 9.21. The van der Waals surface area contributed by atoms with Gasteiger partial charge in [-0.1, -0.05) is 12.1 Å². The lowest BCUT2D eigenvalue weighted by Crippen LogP contribution is -2.14. The molecule has 0 radical (unpaired) electrons. The average Bonchev–Trinajstić information content (AvgIpc) is 2.45. The number of rotatable bonds is 4. The van der Waals surface area contributed by atoms with Gasteiger partial charge < -0.3 is 14.8 Å². The maximum absolute atomic E-state index is 11.8. The SMILES string of the molecule is CNCc1cc2cccc(OC)c2nc1C(=O)OC. The molecule has 0 amide bonds. The third-order valence-electron chi connectivity index (χ3n) is 2.85. The van der Waals surface area contributed by atoms with E-state index in [0.29, 0.717) is 23.5 Å². The van der Waals surface area contributed by atoms with Gasteiger partial charge in [0.1, 0.15) is 11.3 Å². The van der Waals surface area contributed by atoms with Crippen molar-refractivity contribution in [3.8, 4) is 5.75 Å². The van der Waals surface area contributed by atoms with Gasteiger partial charge in [-0.15, -0.1) is 0 Å². The Balaban J connectivity index is 2.69. The lowest BCUT2D eigenvalue weighted by atomic mass is 10.1. The highest BCUT2D eigenvalue weighted by atomic mass is 16.5. The lowest BCUT2D eigenvalue weighted by molar-refractivity contribution is 0.0593. The standard InChI is InChI=1S/C14H16N2O3/c1-15-8-10-7-9-5-4-6-11(18-2)12(9)16-13(10)14(17)19-3/h4-7,15H,8H2,1-3H3. The first-order valence-electron chi connectivity index (χ1n) is 5.90. The van der Waals surface area contributed by atoms with Gasteiger partial charge in [-0.3, -0.25) is 0 Å². The fourth-order valence-corrected chi connectivity index (χ4v) is 1.98. The van der Waals surface area contributed by atoms with Gasteiger partial charge in [0.25, 0.3) is 0 Å². The Kier molecular flexibility index (Phi) is 3.97. The Morgan fingerprint density at radius 1 is 1.37 bits per heavy atom. The summed E-state index contributed by atoms with van der Waals surface area (Å²) in [5.41, 5.74) is 1.77. The van der Waals surface area contributed by atoms with E-state index < -0.39 is 5.97 Å². The number of methoxy groups -OCH3 is 2. The minimum absolute atomic E-state index is 0.314. The number of nitrogens with zero attached hydrogens (tertiary/aromatic N) is 1. The normalized spacial score (nSPS) is 10.5. The van der Waals surface area contributed by atoms with E-state index in [9.17, 15) is 4.79 Å². The predicted octanol–water partition coefficient (Wildman–Crippen LogP) is 1.75. The largest absolute Gasteiger partial charge is 0.494 e. The number of carbonyl (C=O) groups is 1. The minimum Gasteiger partial charge on any atom is -0.494 e. The van der Waals surface area contributed by atoms with Crippen molar-refractivity contribution in [2.75, 3.05) is 21.3 Å². The highest BCUT2D eigenvalue weighted by Gasteiger charge is 2.16. The number of aromatic nitrogens is 1. The summed E-state index contributed by atoms with van der Waals surface area (Å²) in [5, 5.41) is 3.95. The molecule has 0 atom stereocenters. The van der Waals surface area contributed by atoms with E-state index >= 15 is 0 Å². The van der Waals surface area contributed by atoms with Crippen molar-refractivity contribution in [1.29, 1.82) is 0 Å². The van der Waals surface area contributed by atoms with Crippen LogP contribution in [0.2, 0.25) is 0 Å². The zero-order valence-electron chi connectivity index (χ0n) is 11.2. The van der Waals surface area contributed by atoms with Crippen LogP contribution in [0.3, 0.4) is 0 Å². The molecule has 0 bridgehead atoms. The van der Waals surface area contributed by atoms with Crippen LogP contribution in [0.4, 0.5) is 0 Å². The number of para-hydroxylation sites is 1. The third kappa shape index (κ3) is 2.51. The van der Waals surface area contributed by atoms with Gasteiger partial charge in [0.05, 0.1) is 14.2 Å². The van der Waals surface area contributed by atoms with Crippen LogP contribution in [0.5, 0.6) is 5.75 Å². The van der Waals surface area contributed by atoms with Crippen molar-refractivity contribution >= 4 is 16.9 Å². The van der Waals surface area contributed by atoms with Crippen LogP contribution in [0.25, 0.3) is 10.9 Å². The maximum Gasteiger partial charge on any atom is 0.357 e. The van der Waals surface area contributed by atoms with Crippen LogP contribution < -0.4 is 10.1 Å². The van der Waals surface area contributed by atoms with E-state index in [2.05, 4.69) is 10.3 Å². The Labute approximate surface area is 111 Å². The van der Waals surface area contributed by atoms with Crippen molar-refractivity contribution < 1.29 is 14.3 Å². The molecule has 0 fully saturated rings. The number of fused-ring (bicyclic) bond motifs is 1. The zero-order valence-corrected chi connectivity index (χ0v) is 11.2. The summed E-state index contributed by atoms with van der Waals surface area (Å²) in [6, 6.07) is 7.57. The molecule has 0 aliphatic heterocycles. The van der Waals surface area contributed by atoms with Crippen LogP contribution in [0.15, 0.2) is 24.3 Å². The number of nitrogens with one attached hydrogen (secondary N) is 1. The molecular weight excluding hydrogens is 244 g/mol. The Morgan fingerprint density at radius 2 is 2.16 bits per heavy atom. The molecule has 0 unspecified atom stereocenters. The van der Waals surface area contributed by atoms with Gasteiger partial charge >= 0.3 is 5.97 Å². The summed E-state index contributed by atoms with van der Waals surface area (Å²) in [4.78, 5) is 16.2. The second kappa shape index (κ2) is 5.67. The van der Waals surface area contributed by atoms with Crippen LogP contribution >= 0.6 is 0 Å². The van der Waals surface area contributed by atoms with Crippen LogP contribution in [0, 0.1) is 0 Å². The predicted molar refractivity (Wildman–Crippen MR) is 72.4 cm³/mol. The van der Waals surface area contributed by atoms with E-state index in [1.807, 2.05) is 31.3 Å². The smallest absolute Gasteiger partial charge is 0.357 e. The molecule has 0 aliphatic rings. The molecule has 5 nitrogen and oxygen atoms in total. The van der Waals surface area contributed by atoms with Crippen LogP contribution in [0.1, 0.15) is 16.1 Å². The number of hydrogen-bond acceptors (Lipinski definition) is 5. The van der Waals surface area contributed by atoms with E-state index in [1.165, 1.54) is 7.11 Å². The molecule has 100 valence electrons. The second-order valence-corrected chi connectivity index (χ2v) is 4.05. The van der Waals surface area contributed by atoms with E-state index in [0.717, 1.165) is 10.9 Å². The number of pyridine rings is 1. The first kappa shape index (κ1) is 13.3. The molecule has 2 rings (SSSR count). The fraction of sp³-hybridized carbons (Fsp3) is 0.286. The molecule has 0 spiro atoms. The summed E-state index contributed by atoms with van der Waals surface area (Å²) in [5.74, 6) is 0.191. The van der Waals surface area contributed by atoms with Gasteiger partial charge in [-0.2, -0.15) is 0 Å². The first-order valence-corrected chi connectivity index (χ1v) is 5.90. The molecule has 0 saturated heterocycles. The highest BCUT2D eigenvalue weighted by molar-refractivity contribution is 5.94. The van der Waals surface area contributed by atoms with E-state index in [4.69, 9.17) is 9.47 Å². The molecule has 1 aromatic heterocycles. The number of carbonyl (C=O) groups excluding carboxylic acids is 1. The number of ether oxygens (including phenoxy) is 2. The quantitative estimate of drug-likeness (QED) is 0.849. The van der Waals surface area contributed by atoms with E-state index in [1.54, 1.807) is 7.11 Å². The number of benzene rings is 1. The van der Waals surface area contributed by atoms with E-state index in [-0.39, 0.29) is 0 Å². The second-order valence-electron chi connectivity index (χ2n) is 4.05. The Bertz CT molecular complexity index is 611. The van der Waals surface area contributed by atoms with Crippen molar-refractivity contribution in [3.63, 3.8) is 0 Å². The molecule has 2 aromatic rings. The molecule has 1 heterocycles. The summed E-state index contributed by atoms with van der Waals surface area (Å²) in [6.07, 6.45) is 0. The molecule has 1 N–H and O–H groups in total. The number of hydrogen-bond donors (Lipinski definition) is 1. The van der Waals surface area contributed by atoms with Gasteiger partial charge in [0.15, 0.2) is 5.69 Å².